The van der Waals surface area contributed by atoms with Gasteiger partial charge in [0.1, 0.15) is 0 Å². The van der Waals surface area contributed by atoms with Gasteiger partial charge in [-0.05, 0) is 55.2 Å². The molecule has 146 valence electrons. The summed E-state index contributed by atoms with van der Waals surface area (Å²) in [7, 11) is 0. The van der Waals surface area contributed by atoms with Crippen LogP contribution in [0, 0.1) is 0 Å². The predicted molar refractivity (Wildman–Crippen MR) is 107 cm³/mol. The molecular formula is C21H26ClNO4. The lowest BCUT2D eigenvalue weighted by Gasteiger charge is -2.11. The number of hydrogen-bond acceptors (Lipinski definition) is 4. The number of aryl methyl sites for hydroxylation is 1. The van der Waals surface area contributed by atoms with E-state index >= 15 is 0 Å². The molecule has 2 rings (SSSR count). The molecule has 0 aliphatic heterocycles. The van der Waals surface area contributed by atoms with E-state index in [1.807, 2.05) is 24.3 Å². The van der Waals surface area contributed by atoms with E-state index in [9.17, 15) is 14.7 Å². The summed E-state index contributed by atoms with van der Waals surface area (Å²) in [6.45, 7) is 4.07. The molecule has 0 aliphatic carbocycles. The van der Waals surface area contributed by atoms with Crippen molar-refractivity contribution in [2.24, 2.45) is 5.73 Å². The van der Waals surface area contributed by atoms with E-state index < -0.39 is 12.0 Å². The number of rotatable bonds is 7. The number of carbonyl (C=O) groups is 2. The van der Waals surface area contributed by atoms with Gasteiger partial charge in [0.2, 0.25) is 5.91 Å². The van der Waals surface area contributed by atoms with Gasteiger partial charge < -0.3 is 15.6 Å². The zero-order valence-corrected chi connectivity index (χ0v) is 16.4. The van der Waals surface area contributed by atoms with Crippen molar-refractivity contribution in [1.82, 2.24) is 0 Å². The quantitative estimate of drug-likeness (QED) is 0.696. The predicted octanol–water partition coefficient (Wildman–Crippen LogP) is 4.06. The van der Waals surface area contributed by atoms with Crippen molar-refractivity contribution in [1.29, 1.82) is 0 Å². The molecule has 0 saturated heterocycles. The second-order valence-electron chi connectivity index (χ2n) is 5.83. The number of aliphatic hydroxyl groups is 1. The lowest BCUT2D eigenvalue weighted by atomic mass is 10.0. The van der Waals surface area contributed by atoms with Crippen LogP contribution in [0.2, 0.25) is 5.02 Å². The minimum absolute atomic E-state index is 0.123. The Labute approximate surface area is 165 Å². The summed E-state index contributed by atoms with van der Waals surface area (Å²) in [5.41, 5.74) is 7.53. The first-order chi connectivity index (χ1) is 12.9. The second-order valence-corrected chi connectivity index (χ2v) is 6.26. The first kappa shape index (κ1) is 22.7. The second kappa shape index (κ2) is 12.1. The van der Waals surface area contributed by atoms with Gasteiger partial charge in [0.05, 0.1) is 12.7 Å². The maximum absolute atomic E-state index is 11.0. The molecule has 0 heterocycles. The van der Waals surface area contributed by atoms with Crippen LogP contribution in [-0.4, -0.2) is 23.6 Å². The van der Waals surface area contributed by atoms with Crippen molar-refractivity contribution in [2.45, 2.75) is 39.2 Å². The molecule has 0 aliphatic rings. The molecule has 0 spiro atoms. The Bertz CT molecular complexity index is 714. The molecule has 0 saturated carbocycles. The van der Waals surface area contributed by atoms with E-state index in [0.29, 0.717) is 30.0 Å². The number of esters is 1. The van der Waals surface area contributed by atoms with Gasteiger partial charge in [0, 0.05) is 17.0 Å². The van der Waals surface area contributed by atoms with Crippen molar-refractivity contribution in [3.05, 3.63) is 70.2 Å². The zero-order chi connectivity index (χ0) is 20.2. The maximum atomic E-state index is 11.0. The highest BCUT2D eigenvalue weighted by atomic mass is 35.5. The molecule has 1 unspecified atom stereocenters. The van der Waals surface area contributed by atoms with Crippen LogP contribution >= 0.6 is 11.6 Å². The van der Waals surface area contributed by atoms with Crippen molar-refractivity contribution in [3.63, 3.8) is 0 Å². The fourth-order valence-corrected chi connectivity index (χ4v) is 2.38. The van der Waals surface area contributed by atoms with Gasteiger partial charge >= 0.3 is 5.97 Å². The number of aliphatic hydroxyl groups excluding tert-OH is 1. The number of carbonyl (C=O) groups excluding carboxylic acids is 2. The van der Waals surface area contributed by atoms with Crippen LogP contribution in [-0.2, 0) is 16.0 Å². The molecule has 0 aromatic heterocycles. The van der Waals surface area contributed by atoms with E-state index in [1.54, 1.807) is 38.1 Å². The molecule has 6 heteroatoms. The first-order valence-electron chi connectivity index (χ1n) is 8.85. The zero-order valence-electron chi connectivity index (χ0n) is 15.7. The molecular weight excluding hydrogens is 366 g/mol. The van der Waals surface area contributed by atoms with E-state index in [0.717, 1.165) is 17.5 Å². The van der Waals surface area contributed by atoms with Crippen molar-refractivity contribution in [2.75, 3.05) is 6.61 Å². The van der Waals surface area contributed by atoms with Crippen LogP contribution in [0.1, 0.15) is 54.3 Å². The van der Waals surface area contributed by atoms with Crippen LogP contribution in [0.5, 0.6) is 0 Å². The monoisotopic (exact) mass is 391 g/mol. The first-order valence-corrected chi connectivity index (χ1v) is 9.23. The number of hydrogen-bond donors (Lipinski definition) is 2. The Hall–Kier alpha value is -2.37. The third kappa shape index (κ3) is 8.71. The average molecular weight is 392 g/mol. The number of nitrogens with two attached hydrogens (primary N) is 1. The molecule has 0 radical (unpaired) electrons. The molecule has 27 heavy (non-hydrogen) atoms. The highest BCUT2D eigenvalue weighted by Gasteiger charge is 2.09. The molecule has 2 aromatic rings. The summed E-state index contributed by atoms with van der Waals surface area (Å²) in [5, 5.41) is 10.8. The van der Waals surface area contributed by atoms with E-state index in [-0.39, 0.29) is 5.97 Å². The maximum Gasteiger partial charge on any atom is 0.305 e. The van der Waals surface area contributed by atoms with E-state index in [4.69, 9.17) is 17.3 Å². The van der Waals surface area contributed by atoms with E-state index in [2.05, 4.69) is 4.74 Å². The standard InChI is InChI=1S/C16H16ClNO2.C5H10O2/c17-14-8-1-11(2-9-14)3-10-15(19)12-4-6-13(7-5-12)16(18)20;1-3-5(6)7-4-2/h1-2,4-9,15,19H,3,10H2,(H2,18,20);3-4H2,1-2H3. The van der Waals surface area contributed by atoms with Gasteiger partial charge in [-0.15, -0.1) is 0 Å². The Morgan fingerprint density at radius 2 is 1.67 bits per heavy atom. The topological polar surface area (TPSA) is 89.6 Å². The summed E-state index contributed by atoms with van der Waals surface area (Å²) in [6.07, 6.45) is 1.29. The van der Waals surface area contributed by atoms with Crippen LogP contribution in [0.3, 0.4) is 0 Å². The Kier molecular flexibility index (Phi) is 10.2. The minimum atomic E-state index is -0.562. The summed E-state index contributed by atoms with van der Waals surface area (Å²) in [5.74, 6) is -0.588. The van der Waals surface area contributed by atoms with E-state index in [1.165, 1.54) is 0 Å². The molecule has 1 atom stereocenters. The molecule has 0 bridgehead atoms. The van der Waals surface area contributed by atoms with Gasteiger partial charge in [-0.3, -0.25) is 9.59 Å². The summed E-state index contributed by atoms with van der Waals surface area (Å²) in [4.78, 5) is 21.2. The van der Waals surface area contributed by atoms with Crippen LogP contribution in [0.25, 0.3) is 0 Å². The highest BCUT2D eigenvalue weighted by molar-refractivity contribution is 6.30. The van der Waals surface area contributed by atoms with Gasteiger partial charge in [0.15, 0.2) is 0 Å². The number of primary amides is 1. The largest absolute Gasteiger partial charge is 0.466 e. The average Bonchev–Trinajstić information content (AvgIpc) is 2.68. The van der Waals surface area contributed by atoms with Crippen LogP contribution in [0.4, 0.5) is 0 Å². The van der Waals surface area contributed by atoms with Gasteiger partial charge in [0.25, 0.3) is 0 Å². The molecule has 1 amide bonds. The minimum Gasteiger partial charge on any atom is -0.466 e. The number of benzene rings is 2. The van der Waals surface area contributed by atoms with Gasteiger partial charge in [-0.2, -0.15) is 0 Å². The Morgan fingerprint density at radius 3 is 2.11 bits per heavy atom. The summed E-state index contributed by atoms with van der Waals surface area (Å²) < 4.78 is 4.55. The summed E-state index contributed by atoms with van der Waals surface area (Å²) >= 11 is 5.82. The number of ether oxygens (including phenoxy) is 1. The van der Waals surface area contributed by atoms with Crippen molar-refractivity contribution in [3.8, 4) is 0 Å². The van der Waals surface area contributed by atoms with Crippen molar-refractivity contribution < 1.29 is 19.4 Å². The fraction of sp³-hybridized carbons (Fsp3) is 0.333. The third-order valence-electron chi connectivity index (χ3n) is 3.79. The van der Waals surface area contributed by atoms with Gasteiger partial charge in [-0.1, -0.05) is 42.8 Å². The number of amides is 1. The fourth-order valence-electron chi connectivity index (χ4n) is 2.25. The lowest BCUT2D eigenvalue weighted by Crippen LogP contribution is -2.11. The third-order valence-corrected chi connectivity index (χ3v) is 4.05. The van der Waals surface area contributed by atoms with Gasteiger partial charge in [-0.25, -0.2) is 0 Å². The van der Waals surface area contributed by atoms with Crippen LogP contribution < -0.4 is 5.73 Å². The Morgan fingerprint density at radius 1 is 1.07 bits per heavy atom. The Balaban J connectivity index is 0.000000445. The molecule has 3 N–H and O–H groups in total. The summed E-state index contributed by atoms with van der Waals surface area (Å²) in [6, 6.07) is 14.3. The highest BCUT2D eigenvalue weighted by Crippen LogP contribution is 2.20. The lowest BCUT2D eigenvalue weighted by molar-refractivity contribution is -0.142. The van der Waals surface area contributed by atoms with Crippen molar-refractivity contribution >= 4 is 23.5 Å². The smallest absolute Gasteiger partial charge is 0.305 e. The molecule has 0 fully saturated rings. The van der Waals surface area contributed by atoms with Crippen LogP contribution in [0.15, 0.2) is 48.5 Å². The molecule has 5 nitrogen and oxygen atoms in total. The molecule has 2 aromatic carbocycles. The number of halogens is 1. The normalized spacial score (nSPS) is 11.1. The SMILES string of the molecule is CCOC(=O)CC.NC(=O)c1ccc(C(O)CCc2ccc(Cl)cc2)cc1.